The SMILES string of the molecule is CCCCC=CS(=O)(=O)O.[NaH]. The van der Waals surface area contributed by atoms with E-state index in [1.807, 2.05) is 6.92 Å². The Morgan fingerprint density at radius 2 is 2.00 bits per heavy atom. The summed E-state index contributed by atoms with van der Waals surface area (Å²) in [5.41, 5.74) is 0. The van der Waals surface area contributed by atoms with Gasteiger partial charge in [-0.15, -0.1) is 0 Å². The fourth-order valence-corrected chi connectivity index (χ4v) is 0.891. The maximum atomic E-state index is 10.1. The Bertz CT molecular complexity index is 196. The molecule has 0 spiro atoms. The molecular formula is C6H13NaO3S. The molecule has 0 unspecified atom stereocenters. The van der Waals surface area contributed by atoms with E-state index in [4.69, 9.17) is 4.55 Å². The van der Waals surface area contributed by atoms with Crippen molar-refractivity contribution in [2.24, 2.45) is 0 Å². The van der Waals surface area contributed by atoms with Crippen molar-refractivity contribution in [2.75, 3.05) is 0 Å². The molecule has 0 heterocycles. The maximum absolute atomic E-state index is 10.1. The van der Waals surface area contributed by atoms with Crippen LogP contribution in [0, 0.1) is 0 Å². The van der Waals surface area contributed by atoms with Gasteiger partial charge in [0.2, 0.25) is 0 Å². The van der Waals surface area contributed by atoms with Crippen molar-refractivity contribution in [1.29, 1.82) is 0 Å². The minimum atomic E-state index is -3.89. The molecule has 0 aliphatic carbocycles. The molecule has 0 saturated carbocycles. The van der Waals surface area contributed by atoms with E-state index in [1.165, 1.54) is 6.08 Å². The second-order valence-corrected chi connectivity index (χ2v) is 3.33. The first-order valence-electron chi connectivity index (χ1n) is 3.20. The summed E-state index contributed by atoms with van der Waals surface area (Å²) in [4.78, 5) is 0. The predicted octanol–water partition coefficient (Wildman–Crippen LogP) is 0.930. The van der Waals surface area contributed by atoms with Crippen LogP contribution in [0.4, 0.5) is 0 Å². The number of unbranched alkanes of at least 4 members (excludes halogenated alkanes) is 2. The predicted molar refractivity (Wildman–Crippen MR) is 47.4 cm³/mol. The third-order valence-electron chi connectivity index (χ3n) is 0.993. The molecule has 0 amide bonds. The summed E-state index contributed by atoms with van der Waals surface area (Å²) in [5.74, 6) is 0. The Kier molecular flexibility index (Phi) is 9.43. The molecule has 0 aromatic carbocycles. The van der Waals surface area contributed by atoms with Gasteiger partial charge in [-0.1, -0.05) is 25.8 Å². The normalized spacial score (nSPS) is 11.5. The fourth-order valence-electron chi connectivity index (χ4n) is 0.512. The van der Waals surface area contributed by atoms with Gasteiger partial charge in [0.05, 0.1) is 5.41 Å². The van der Waals surface area contributed by atoms with Crippen molar-refractivity contribution in [1.82, 2.24) is 0 Å². The van der Waals surface area contributed by atoms with Gasteiger partial charge in [-0.2, -0.15) is 8.42 Å². The fraction of sp³-hybridized carbons (Fsp3) is 0.667. The zero-order valence-corrected chi connectivity index (χ0v) is 6.76. The average Bonchev–Trinajstić information content (AvgIpc) is 1.78. The van der Waals surface area contributed by atoms with Crippen molar-refractivity contribution in [3.8, 4) is 0 Å². The summed E-state index contributed by atoms with van der Waals surface area (Å²) in [6.45, 7) is 2.02. The van der Waals surface area contributed by atoms with E-state index < -0.39 is 10.1 Å². The van der Waals surface area contributed by atoms with E-state index in [2.05, 4.69) is 0 Å². The summed E-state index contributed by atoms with van der Waals surface area (Å²) in [6.07, 6.45) is 4.14. The van der Waals surface area contributed by atoms with Crippen LogP contribution in [0.15, 0.2) is 11.5 Å². The van der Waals surface area contributed by atoms with Crippen molar-refractivity contribution in [2.45, 2.75) is 26.2 Å². The standard InChI is InChI=1S/C6H12O3S.Na.H/c1-2-3-4-5-6-10(7,8)9;;/h5-6H,2-4H2,1H3,(H,7,8,9);;. The van der Waals surface area contributed by atoms with Crippen molar-refractivity contribution >= 4 is 39.7 Å². The van der Waals surface area contributed by atoms with Gasteiger partial charge in [0.1, 0.15) is 0 Å². The van der Waals surface area contributed by atoms with Gasteiger partial charge < -0.3 is 0 Å². The summed E-state index contributed by atoms with van der Waals surface area (Å²) >= 11 is 0. The first kappa shape index (κ1) is 14.2. The summed E-state index contributed by atoms with van der Waals surface area (Å²) < 4.78 is 28.3. The van der Waals surface area contributed by atoms with E-state index >= 15 is 0 Å². The number of hydrogen-bond acceptors (Lipinski definition) is 2. The van der Waals surface area contributed by atoms with E-state index in [0.717, 1.165) is 18.2 Å². The summed E-state index contributed by atoms with van der Waals surface area (Å²) in [7, 11) is -3.89. The monoisotopic (exact) mass is 188 g/mol. The Morgan fingerprint density at radius 3 is 2.36 bits per heavy atom. The molecule has 0 radical (unpaired) electrons. The number of rotatable bonds is 4. The van der Waals surface area contributed by atoms with Gasteiger partial charge in [-0.3, -0.25) is 4.55 Å². The average molecular weight is 188 g/mol. The zero-order valence-electron chi connectivity index (χ0n) is 5.95. The van der Waals surface area contributed by atoms with Crippen LogP contribution in [-0.2, 0) is 10.1 Å². The Labute approximate surface area is 89.9 Å². The van der Waals surface area contributed by atoms with Gasteiger partial charge >= 0.3 is 29.6 Å². The van der Waals surface area contributed by atoms with Crippen LogP contribution >= 0.6 is 0 Å². The van der Waals surface area contributed by atoms with Crippen LogP contribution in [0.3, 0.4) is 0 Å². The molecule has 0 saturated heterocycles. The van der Waals surface area contributed by atoms with E-state index in [0.29, 0.717) is 6.42 Å². The summed E-state index contributed by atoms with van der Waals surface area (Å²) in [5, 5.41) is 0.822. The molecule has 0 bridgehead atoms. The number of allylic oxidation sites excluding steroid dienone is 1. The zero-order chi connectivity index (χ0) is 8.04. The van der Waals surface area contributed by atoms with Crippen LogP contribution in [0.25, 0.3) is 0 Å². The van der Waals surface area contributed by atoms with E-state index in [9.17, 15) is 8.42 Å². The van der Waals surface area contributed by atoms with Gasteiger partial charge in [0, 0.05) is 0 Å². The minimum absolute atomic E-state index is 0. The third-order valence-corrected chi connectivity index (χ3v) is 1.53. The summed E-state index contributed by atoms with van der Waals surface area (Å²) in [6, 6.07) is 0. The van der Waals surface area contributed by atoms with Gasteiger partial charge in [-0.25, -0.2) is 0 Å². The molecule has 0 aliphatic rings. The molecular weight excluding hydrogens is 175 g/mol. The topological polar surface area (TPSA) is 54.4 Å². The molecule has 1 N–H and O–H groups in total. The molecule has 0 atom stereocenters. The molecule has 0 aromatic heterocycles. The molecule has 5 heteroatoms. The molecule has 62 valence electrons. The Balaban J connectivity index is 0. The Hall–Kier alpha value is 0.650. The van der Waals surface area contributed by atoms with Crippen molar-refractivity contribution in [3.05, 3.63) is 11.5 Å². The second kappa shape index (κ2) is 7.31. The molecule has 0 rings (SSSR count). The first-order valence-corrected chi connectivity index (χ1v) is 4.70. The molecule has 0 aromatic rings. The second-order valence-electron chi connectivity index (χ2n) is 2.03. The van der Waals surface area contributed by atoms with Crippen LogP contribution in [0.1, 0.15) is 26.2 Å². The van der Waals surface area contributed by atoms with E-state index in [-0.39, 0.29) is 29.6 Å². The van der Waals surface area contributed by atoms with E-state index in [1.54, 1.807) is 0 Å². The van der Waals surface area contributed by atoms with Gasteiger partial charge in [0.15, 0.2) is 0 Å². The quantitative estimate of drug-likeness (QED) is 0.405. The molecule has 0 aliphatic heterocycles. The Morgan fingerprint density at radius 1 is 1.45 bits per heavy atom. The molecule has 11 heavy (non-hydrogen) atoms. The van der Waals surface area contributed by atoms with Gasteiger partial charge in [-0.05, 0) is 6.42 Å². The van der Waals surface area contributed by atoms with Crippen molar-refractivity contribution < 1.29 is 13.0 Å². The first-order chi connectivity index (χ1) is 4.56. The van der Waals surface area contributed by atoms with Crippen LogP contribution in [-0.4, -0.2) is 42.5 Å². The third kappa shape index (κ3) is 13.6. The van der Waals surface area contributed by atoms with Gasteiger partial charge in [0.25, 0.3) is 10.1 Å². The van der Waals surface area contributed by atoms with Crippen molar-refractivity contribution in [3.63, 3.8) is 0 Å². The number of hydrogen-bond donors (Lipinski definition) is 1. The van der Waals surface area contributed by atoms with Crippen LogP contribution in [0.5, 0.6) is 0 Å². The van der Waals surface area contributed by atoms with Crippen LogP contribution < -0.4 is 0 Å². The van der Waals surface area contributed by atoms with Crippen LogP contribution in [0.2, 0.25) is 0 Å². The molecule has 0 fully saturated rings. The molecule has 3 nitrogen and oxygen atoms in total.